The summed E-state index contributed by atoms with van der Waals surface area (Å²) >= 11 is 0. The molecule has 1 aliphatic heterocycles. The molecule has 1 aromatic heterocycles. The molecule has 0 bridgehead atoms. The van der Waals surface area contributed by atoms with Crippen LogP contribution in [0, 0.1) is 12.3 Å². The Kier molecular flexibility index (Phi) is 5.05. The summed E-state index contributed by atoms with van der Waals surface area (Å²) < 4.78 is 11.5. The number of rotatable bonds is 5. The Morgan fingerprint density at radius 1 is 1.36 bits per heavy atom. The molecule has 1 N–H and O–H groups in total. The van der Waals surface area contributed by atoms with Crippen LogP contribution in [0.4, 0.5) is 0 Å². The van der Waals surface area contributed by atoms with E-state index in [1.54, 1.807) is 0 Å². The van der Waals surface area contributed by atoms with E-state index in [4.69, 9.17) is 9.15 Å². The summed E-state index contributed by atoms with van der Waals surface area (Å²) in [6, 6.07) is 0.0466. The van der Waals surface area contributed by atoms with Crippen LogP contribution in [0.1, 0.15) is 85.1 Å². The molecule has 25 heavy (non-hydrogen) atoms. The first-order valence-corrected chi connectivity index (χ1v) is 9.35. The van der Waals surface area contributed by atoms with E-state index < -0.39 is 0 Å². The van der Waals surface area contributed by atoms with Gasteiger partial charge in [0.2, 0.25) is 0 Å². The van der Waals surface area contributed by atoms with Gasteiger partial charge < -0.3 is 14.5 Å². The number of carbonyl (C=O) groups is 2. The molecule has 1 amide bonds. The molecule has 2 heterocycles. The number of carbonyl (C=O) groups excluding carboxylic acids is 2. The number of hydrogen-bond acceptors (Lipinski definition) is 4. The van der Waals surface area contributed by atoms with Crippen molar-refractivity contribution < 1.29 is 18.7 Å². The molecule has 5 heteroatoms. The minimum absolute atomic E-state index is 0.0466. The lowest BCUT2D eigenvalue weighted by atomic mass is 9.76. The maximum atomic E-state index is 12.6. The van der Waals surface area contributed by atoms with Crippen LogP contribution in [0.25, 0.3) is 0 Å². The molecule has 1 aromatic rings. The van der Waals surface area contributed by atoms with Gasteiger partial charge >= 0.3 is 0 Å². The van der Waals surface area contributed by atoms with E-state index in [-0.39, 0.29) is 23.1 Å². The van der Waals surface area contributed by atoms with Gasteiger partial charge in [0.15, 0.2) is 11.5 Å². The first kappa shape index (κ1) is 18.2. The number of fused-ring (bicyclic) bond motifs is 1. The quantitative estimate of drug-likeness (QED) is 0.879. The lowest BCUT2D eigenvalue weighted by Gasteiger charge is -2.27. The third kappa shape index (κ3) is 3.97. The van der Waals surface area contributed by atoms with Gasteiger partial charge in [-0.15, -0.1) is 0 Å². The van der Waals surface area contributed by atoms with Crippen LogP contribution in [-0.4, -0.2) is 30.4 Å². The van der Waals surface area contributed by atoms with E-state index in [1.165, 1.54) is 0 Å². The molecule has 1 fully saturated rings. The Morgan fingerprint density at radius 3 is 2.80 bits per heavy atom. The fraction of sp³-hybridized carbons (Fsp3) is 0.700. The third-order valence-electron chi connectivity index (χ3n) is 5.31. The summed E-state index contributed by atoms with van der Waals surface area (Å²) in [5.74, 6) is 0.811. The highest BCUT2D eigenvalue weighted by Crippen LogP contribution is 2.38. The highest BCUT2D eigenvalue weighted by molar-refractivity contribution is 6.03. The van der Waals surface area contributed by atoms with Crippen LogP contribution >= 0.6 is 0 Å². The second-order valence-electron chi connectivity index (χ2n) is 8.38. The van der Waals surface area contributed by atoms with Crippen LogP contribution in [0.3, 0.4) is 0 Å². The van der Waals surface area contributed by atoms with Crippen LogP contribution in [0.2, 0.25) is 0 Å². The topological polar surface area (TPSA) is 68.5 Å². The van der Waals surface area contributed by atoms with Crippen LogP contribution in [0.5, 0.6) is 0 Å². The van der Waals surface area contributed by atoms with E-state index in [2.05, 4.69) is 19.2 Å². The van der Waals surface area contributed by atoms with Gasteiger partial charge in [-0.2, -0.15) is 0 Å². The minimum Gasteiger partial charge on any atom is -0.455 e. The molecule has 0 aromatic carbocycles. The lowest BCUT2D eigenvalue weighted by molar-refractivity contribution is 0.0865. The summed E-state index contributed by atoms with van der Waals surface area (Å²) in [6.07, 6.45) is 5.60. The molecule has 3 rings (SSSR count). The number of Topliss-reactive ketones (excluding diaryl/α,β-unsaturated/α-hetero) is 1. The zero-order chi connectivity index (χ0) is 18.2. The van der Waals surface area contributed by atoms with Crippen molar-refractivity contribution in [3.63, 3.8) is 0 Å². The molecule has 2 aliphatic rings. The zero-order valence-corrected chi connectivity index (χ0v) is 15.7. The Morgan fingerprint density at radius 2 is 2.12 bits per heavy atom. The van der Waals surface area contributed by atoms with E-state index in [1.807, 2.05) is 13.8 Å². The van der Waals surface area contributed by atoms with E-state index >= 15 is 0 Å². The molecular formula is C20H29NO4. The maximum absolute atomic E-state index is 12.6. The number of ether oxygens (including phenoxy) is 1. The third-order valence-corrected chi connectivity index (χ3v) is 5.31. The van der Waals surface area contributed by atoms with Crippen molar-refractivity contribution in [2.45, 2.75) is 78.4 Å². The number of nitrogens with one attached hydrogen (secondary N) is 1. The van der Waals surface area contributed by atoms with E-state index in [0.29, 0.717) is 41.6 Å². The number of amides is 1. The predicted octanol–water partition coefficient (Wildman–Crippen LogP) is 3.82. The van der Waals surface area contributed by atoms with Crippen molar-refractivity contribution in [1.29, 1.82) is 0 Å². The maximum Gasteiger partial charge on any atom is 0.287 e. The SMILES string of the molecule is Cc1c(C(=O)N[C@H](C)CC[C@@H]2CCCO2)oc2c1C(=O)CC(C)(C)C2. The summed E-state index contributed by atoms with van der Waals surface area (Å²) in [5, 5.41) is 3.01. The normalized spacial score (nSPS) is 23.4. The Bertz CT molecular complexity index is 667. The van der Waals surface area contributed by atoms with Crippen LogP contribution < -0.4 is 5.32 Å². The van der Waals surface area contributed by atoms with Crippen LogP contribution in [0.15, 0.2) is 4.42 Å². The van der Waals surface area contributed by atoms with Gasteiger partial charge in [0.25, 0.3) is 5.91 Å². The molecule has 0 saturated carbocycles. The lowest BCUT2D eigenvalue weighted by Crippen LogP contribution is -2.33. The Hall–Kier alpha value is -1.62. The van der Waals surface area contributed by atoms with Gasteiger partial charge in [0.05, 0.1) is 11.7 Å². The van der Waals surface area contributed by atoms with Gasteiger partial charge in [-0.05, 0) is 44.9 Å². The molecule has 5 nitrogen and oxygen atoms in total. The zero-order valence-electron chi connectivity index (χ0n) is 15.7. The minimum atomic E-state index is -0.225. The summed E-state index contributed by atoms with van der Waals surface area (Å²) in [4.78, 5) is 25.0. The number of ketones is 1. The second-order valence-corrected chi connectivity index (χ2v) is 8.38. The van der Waals surface area contributed by atoms with Crippen LogP contribution in [-0.2, 0) is 11.2 Å². The van der Waals surface area contributed by atoms with Crippen molar-refractivity contribution in [1.82, 2.24) is 5.32 Å². The first-order chi connectivity index (χ1) is 11.8. The fourth-order valence-corrected chi connectivity index (χ4v) is 3.97. The fourth-order valence-electron chi connectivity index (χ4n) is 3.97. The summed E-state index contributed by atoms with van der Waals surface area (Å²) in [7, 11) is 0. The standard InChI is InChI=1S/C20H29NO4/c1-12(7-8-14-6-5-9-24-14)21-19(23)18-13(2)17-15(22)10-20(3,4)11-16(17)25-18/h12,14H,5-11H2,1-4H3,(H,21,23)/t12-,14+/m1/s1. The van der Waals surface area contributed by atoms with Crippen molar-refractivity contribution in [3.05, 3.63) is 22.6 Å². The second kappa shape index (κ2) is 6.94. The molecule has 1 aliphatic carbocycles. The van der Waals surface area contributed by atoms with Crippen molar-refractivity contribution in [2.75, 3.05) is 6.61 Å². The first-order valence-electron chi connectivity index (χ1n) is 9.35. The largest absolute Gasteiger partial charge is 0.455 e. The molecule has 0 unspecified atom stereocenters. The van der Waals surface area contributed by atoms with Crippen molar-refractivity contribution in [2.24, 2.45) is 5.41 Å². The van der Waals surface area contributed by atoms with Gasteiger partial charge in [0, 0.05) is 31.1 Å². The van der Waals surface area contributed by atoms with E-state index in [9.17, 15) is 9.59 Å². The van der Waals surface area contributed by atoms with Crippen molar-refractivity contribution in [3.8, 4) is 0 Å². The monoisotopic (exact) mass is 347 g/mol. The average Bonchev–Trinajstić information content (AvgIpc) is 3.11. The predicted molar refractivity (Wildman–Crippen MR) is 95.0 cm³/mol. The van der Waals surface area contributed by atoms with Crippen molar-refractivity contribution >= 4 is 11.7 Å². The highest BCUT2D eigenvalue weighted by Gasteiger charge is 2.37. The van der Waals surface area contributed by atoms with Gasteiger partial charge in [-0.3, -0.25) is 9.59 Å². The molecule has 1 saturated heterocycles. The number of hydrogen-bond donors (Lipinski definition) is 1. The van der Waals surface area contributed by atoms with Gasteiger partial charge in [0.1, 0.15) is 5.76 Å². The smallest absolute Gasteiger partial charge is 0.287 e. The molecule has 0 spiro atoms. The van der Waals surface area contributed by atoms with Gasteiger partial charge in [-0.25, -0.2) is 0 Å². The molecule has 2 atom stereocenters. The highest BCUT2D eigenvalue weighted by atomic mass is 16.5. The molecular weight excluding hydrogens is 318 g/mol. The number of furan rings is 1. The summed E-state index contributed by atoms with van der Waals surface area (Å²) in [5.41, 5.74) is 1.19. The van der Waals surface area contributed by atoms with Gasteiger partial charge in [-0.1, -0.05) is 13.8 Å². The van der Waals surface area contributed by atoms with E-state index in [0.717, 1.165) is 32.3 Å². The molecule has 138 valence electrons. The Labute approximate surface area is 149 Å². The Balaban J connectivity index is 1.65. The average molecular weight is 347 g/mol. The summed E-state index contributed by atoms with van der Waals surface area (Å²) in [6.45, 7) is 8.77. The molecule has 0 radical (unpaired) electrons.